The summed E-state index contributed by atoms with van der Waals surface area (Å²) in [6.45, 7) is 8.77. The Morgan fingerprint density at radius 3 is 2.38 bits per heavy atom. The first-order valence-corrected chi connectivity index (χ1v) is 6.22. The van der Waals surface area contributed by atoms with Crippen LogP contribution in [0.15, 0.2) is 5.16 Å². The Balaban J connectivity index is 3.92. The highest BCUT2D eigenvalue weighted by Crippen LogP contribution is 2.08. The molecule has 0 aliphatic heterocycles. The summed E-state index contributed by atoms with van der Waals surface area (Å²) < 4.78 is 0. The Morgan fingerprint density at radius 2 is 1.94 bits per heavy atom. The molecule has 0 rings (SSSR count). The van der Waals surface area contributed by atoms with Crippen molar-refractivity contribution >= 4 is 5.84 Å². The zero-order chi connectivity index (χ0) is 12.6. The molecule has 0 aromatic rings. The van der Waals surface area contributed by atoms with Crippen molar-refractivity contribution < 1.29 is 5.21 Å². The Bertz CT molecular complexity index is 204. The topological polar surface area (TPSA) is 70.6 Å². The van der Waals surface area contributed by atoms with Crippen LogP contribution in [-0.2, 0) is 0 Å². The smallest absolute Gasteiger partial charge is 0.140 e. The molecule has 0 radical (unpaired) electrons. The van der Waals surface area contributed by atoms with E-state index in [2.05, 4.69) is 38.2 Å². The number of hydrogen-bond acceptors (Lipinski definition) is 3. The maximum atomic E-state index is 8.52. The number of hydrogen-bond donors (Lipinski definition) is 3. The van der Waals surface area contributed by atoms with Crippen LogP contribution in [0.1, 0.15) is 53.4 Å². The SMILES string of the molecule is CCC(CC(N)=NO)NC(C)CCC(C)C. The number of amidine groups is 1. The van der Waals surface area contributed by atoms with Crippen LogP contribution < -0.4 is 11.1 Å². The molecule has 0 aliphatic rings. The highest BCUT2D eigenvalue weighted by molar-refractivity contribution is 5.80. The molecule has 0 heterocycles. The van der Waals surface area contributed by atoms with Crippen molar-refractivity contribution in [2.45, 2.75) is 65.5 Å². The first kappa shape index (κ1) is 15.2. The van der Waals surface area contributed by atoms with E-state index < -0.39 is 0 Å². The van der Waals surface area contributed by atoms with E-state index in [0.29, 0.717) is 24.3 Å². The third-order valence-corrected chi connectivity index (χ3v) is 2.77. The maximum absolute atomic E-state index is 8.52. The molecule has 4 N–H and O–H groups in total. The molecule has 0 aromatic carbocycles. The van der Waals surface area contributed by atoms with Gasteiger partial charge in [0.25, 0.3) is 0 Å². The Kier molecular flexibility index (Phi) is 7.99. The van der Waals surface area contributed by atoms with E-state index in [4.69, 9.17) is 10.9 Å². The van der Waals surface area contributed by atoms with Gasteiger partial charge in [-0.1, -0.05) is 25.9 Å². The fraction of sp³-hybridized carbons (Fsp3) is 0.917. The summed E-state index contributed by atoms with van der Waals surface area (Å²) in [5, 5.41) is 15.1. The molecule has 0 amide bonds. The molecule has 0 aromatic heterocycles. The van der Waals surface area contributed by atoms with Crippen LogP contribution in [0.5, 0.6) is 0 Å². The molecule has 0 aliphatic carbocycles. The third-order valence-electron chi connectivity index (χ3n) is 2.77. The van der Waals surface area contributed by atoms with Crippen molar-refractivity contribution in [3.05, 3.63) is 0 Å². The molecule has 4 heteroatoms. The van der Waals surface area contributed by atoms with Gasteiger partial charge in [-0.15, -0.1) is 0 Å². The number of nitrogens with zero attached hydrogens (tertiary/aromatic N) is 1. The normalized spacial score (nSPS) is 16.4. The Hall–Kier alpha value is -0.770. The molecule has 0 bridgehead atoms. The lowest BCUT2D eigenvalue weighted by Gasteiger charge is -2.22. The van der Waals surface area contributed by atoms with E-state index >= 15 is 0 Å². The van der Waals surface area contributed by atoms with Crippen LogP contribution >= 0.6 is 0 Å². The minimum atomic E-state index is 0.301. The molecule has 96 valence electrons. The van der Waals surface area contributed by atoms with E-state index in [1.165, 1.54) is 12.8 Å². The average molecular weight is 229 g/mol. The predicted molar refractivity (Wildman–Crippen MR) is 68.8 cm³/mol. The second kappa shape index (κ2) is 8.39. The van der Waals surface area contributed by atoms with Gasteiger partial charge < -0.3 is 16.3 Å². The van der Waals surface area contributed by atoms with Crippen molar-refractivity contribution in [1.82, 2.24) is 5.32 Å². The number of nitrogens with two attached hydrogens (primary N) is 1. The second-order valence-electron chi connectivity index (χ2n) is 4.94. The van der Waals surface area contributed by atoms with Crippen LogP contribution in [-0.4, -0.2) is 23.1 Å². The zero-order valence-electron chi connectivity index (χ0n) is 11.0. The fourth-order valence-corrected chi connectivity index (χ4v) is 1.68. The standard InChI is InChI=1S/C12H27N3O/c1-5-11(8-12(13)15-16)14-10(4)7-6-9(2)3/h9-11,14,16H,5-8H2,1-4H3,(H2,13,15). The van der Waals surface area contributed by atoms with Crippen molar-refractivity contribution in [1.29, 1.82) is 0 Å². The fourth-order valence-electron chi connectivity index (χ4n) is 1.68. The van der Waals surface area contributed by atoms with Crippen LogP contribution in [0, 0.1) is 5.92 Å². The first-order valence-electron chi connectivity index (χ1n) is 6.22. The van der Waals surface area contributed by atoms with Gasteiger partial charge in [0.15, 0.2) is 0 Å². The van der Waals surface area contributed by atoms with Crippen molar-refractivity contribution in [2.24, 2.45) is 16.8 Å². The third kappa shape index (κ3) is 7.51. The lowest BCUT2D eigenvalue weighted by atomic mass is 10.0. The van der Waals surface area contributed by atoms with E-state index in [-0.39, 0.29) is 0 Å². The lowest BCUT2D eigenvalue weighted by Crippen LogP contribution is -2.39. The van der Waals surface area contributed by atoms with Crippen molar-refractivity contribution in [2.75, 3.05) is 0 Å². The molecule has 2 unspecified atom stereocenters. The minimum Gasteiger partial charge on any atom is -0.409 e. The molecule has 0 fully saturated rings. The summed E-state index contributed by atoms with van der Waals surface area (Å²) in [5.74, 6) is 1.05. The van der Waals surface area contributed by atoms with Gasteiger partial charge in [0, 0.05) is 18.5 Å². The van der Waals surface area contributed by atoms with Gasteiger partial charge in [-0.05, 0) is 32.1 Å². The largest absolute Gasteiger partial charge is 0.409 e. The van der Waals surface area contributed by atoms with E-state index in [1.807, 2.05) is 0 Å². The molecular formula is C12H27N3O. The molecule has 4 nitrogen and oxygen atoms in total. The van der Waals surface area contributed by atoms with Gasteiger partial charge >= 0.3 is 0 Å². The summed E-state index contributed by atoms with van der Waals surface area (Å²) >= 11 is 0. The van der Waals surface area contributed by atoms with Gasteiger partial charge in [0.05, 0.1) is 0 Å². The summed E-state index contributed by atoms with van der Waals surface area (Å²) in [5.41, 5.74) is 5.51. The molecule has 0 spiro atoms. The van der Waals surface area contributed by atoms with E-state index in [9.17, 15) is 0 Å². The van der Waals surface area contributed by atoms with Gasteiger partial charge in [0.1, 0.15) is 5.84 Å². The average Bonchev–Trinajstić information content (AvgIpc) is 2.25. The number of nitrogens with one attached hydrogen (secondary N) is 1. The van der Waals surface area contributed by atoms with Gasteiger partial charge in [0.2, 0.25) is 0 Å². The van der Waals surface area contributed by atoms with Crippen molar-refractivity contribution in [3.63, 3.8) is 0 Å². The van der Waals surface area contributed by atoms with Crippen LogP contribution in [0.3, 0.4) is 0 Å². The number of rotatable bonds is 8. The van der Waals surface area contributed by atoms with Crippen LogP contribution in [0.4, 0.5) is 0 Å². The summed E-state index contributed by atoms with van der Waals surface area (Å²) in [4.78, 5) is 0. The predicted octanol–water partition coefficient (Wildman–Crippen LogP) is 2.32. The Morgan fingerprint density at radius 1 is 1.31 bits per heavy atom. The highest BCUT2D eigenvalue weighted by atomic mass is 16.4. The maximum Gasteiger partial charge on any atom is 0.140 e. The molecular weight excluding hydrogens is 202 g/mol. The van der Waals surface area contributed by atoms with Crippen molar-refractivity contribution in [3.8, 4) is 0 Å². The summed E-state index contributed by atoms with van der Waals surface area (Å²) in [6.07, 6.45) is 4.00. The van der Waals surface area contributed by atoms with Gasteiger partial charge in [-0.25, -0.2) is 0 Å². The highest BCUT2D eigenvalue weighted by Gasteiger charge is 2.12. The number of oxime groups is 1. The molecule has 16 heavy (non-hydrogen) atoms. The van der Waals surface area contributed by atoms with Crippen LogP contribution in [0.2, 0.25) is 0 Å². The van der Waals surface area contributed by atoms with Crippen LogP contribution in [0.25, 0.3) is 0 Å². The quantitative estimate of drug-likeness (QED) is 0.259. The lowest BCUT2D eigenvalue weighted by molar-refractivity contribution is 0.314. The van der Waals surface area contributed by atoms with Gasteiger partial charge in [-0.3, -0.25) is 0 Å². The minimum absolute atomic E-state index is 0.301. The van der Waals surface area contributed by atoms with E-state index in [0.717, 1.165) is 12.3 Å². The second-order valence-corrected chi connectivity index (χ2v) is 4.94. The van der Waals surface area contributed by atoms with E-state index in [1.54, 1.807) is 0 Å². The van der Waals surface area contributed by atoms with Gasteiger partial charge in [-0.2, -0.15) is 0 Å². The summed E-state index contributed by atoms with van der Waals surface area (Å²) in [6, 6.07) is 0.789. The molecule has 0 saturated carbocycles. The molecule has 2 atom stereocenters. The first-order chi connectivity index (χ1) is 7.49. The molecule has 0 saturated heterocycles. The summed E-state index contributed by atoms with van der Waals surface area (Å²) in [7, 11) is 0. The monoisotopic (exact) mass is 229 g/mol. The Labute approximate surface area is 99.3 Å². The zero-order valence-corrected chi connectivity index (χ0v) is 11.0.